The van der Waals surface area contributed by atoms with Gasteiger partial charge in [0, 0.05) is 4.47 Å². The molecular weight excluding hydrogens is 391 g/mol. The van der Waals surface area contributed by atoms with Crippen LogP contribution in [0.5, 0.6) is 0 Å². The molecule has 0 atom stereocenters. The van der Waals surface area contributed by atoms with E-state index >= 15 is 0 Å². The minimum absolute atomic E-state index is 0.0244. The number of carbonyl (C=O) groups excluding carboxylic acids is 1. The first kappa shape index (κ1) is 18.8. The second kappa shape index (κ2) is 6.07. The van der Waals surface area contributed by atoms with Gasteiger partial charge in [0.1, 0.15) is 5.60 Å². The molecule has 5 nitrogen and oxygen atoms in total. The Morgan fingerprint density at radius 2 is 1.77 bits per heavy atom. The van der Waals surface area contributed by atoms with Crippen molar-refractivity contribution in [1.29, 1.82) is 0 Å². The lowest BCUT2D eigenvalue weighted by molar-refractivity contribution is -0.0436. The van der Waals surface area contributed by atoms with Gasteiger partial charge in [-0.25, -0.2) is 13.2 Å². The van der Waals surface area contributed by atoms with E-state index in [1.54, 1.807) is 20.8 Å². The first-order chi connectivity index (χ1) is 9.74. The summed E-state index contributed by atoms with van der Waals surface area (Å²) in [5.41, 5.74) is -6.07. The first-order valence-electron chi connectivity index (χ1n) is 5.85. The zero-order valence-electron chi connectivity index (χ0n) is 11.8. The Bertz CT molecular complexity index is 681. The highest BCUT2D eigenvalue weighted by molar-refractivity contribution is 9.10. The molecule has 124 valence electrons. The maximum atomic E-state index is 12.5. The average Bonchev–Trinajstić information content (AvgIpc) is 2.27. The van der Waals surface area contributed by atoms with Crippen LogP contribution in [0.1, 0.15) is 20.8 Å². The van der Waals surface area contributed by atoms with Gasteiger partial charge < -0.3 is 4.74 Å². The Morgan fingerprint density at radius 3 is 2.18 bits per heavy atom. The first-order valence-corrected chi connectivity index (χ1v) is 8.12. The number of halogens is 4. The van der Waals surface area contributed by atoms with E-state index in [4.69, 9.17) is 4.74 Å². The molecule has 1 amide bonds. The number of amides is 1. The molecule has 1 N–H and O–H groups in total. The molecular formula is C12H13BrF3NO4S. The van der Waals surface area contributed by atoms with Crippen molar-refractivity contribution in [2.45, 2.75) is 36.8 Å². The molecule has 0 bridgehead atoms. The highest BCUT2D eigenvalue weighted by Crippen LogP contribution is 2.33. The van der Waals surface area contributed by atoms with Crippen LogP contribution in [0.4, 0.5) is 23.7 Å². The third-order valence-corrected chi connectivity index (χ3v) is 4.33. The van der Waals surface area contributed by atoms with Crippen LogP contribution in [0.15, 0.2) is 27.6 Å². The maximum Gasteiger partial charge on any atom is 0.501 e. The lowest BCUT2D eigenvalue weighted by atomic mass is 10.2. The molecule has 0 spiro atoms. The molecule has 0 aliphatic carbocycles. The third-order valence-electron chi connectivity index (χ3n) is 2.19. The minimum Gasteiger partial charge on any atom is -0.444 e. The van der Waals surface area contributed by atoms with Crippen LogP contribution in [-0.4, -0.2) is 25.6 Å². The standard InChI is InChI=1S/C12H13BrF3NO4S/c1-11(2,3)21-10(18)17-9-5-4-7(6-8(9)13)22(19,20)12(14,15)16/h4-6H,1-3H3,(H,17,18). The van der Waals surface area contributed by atoms with Gasteiger partial charge in [0.2, 0.25) is 0 Å². The summed E-state index contributed by atoms with van der Waals surface area (Å²) in [6, 6.07) is 2.54. The number of rotatable bonds is 2. The molecule has 0 radical (unpaired) electrons. The van der Waals surface area contributed by atoms with Crippen LogP contribution in [0, 0.1) is 0 Å². The molecule has 0 unspecified atom stereocenters. The van der Waals surface area contributed by atoms with Gasteiger partial charge in [-0.05, 0) is 54.9 Å². The predicted molar refractivity (Wildman–Crippen MR) is 77.2 cm³/mol. The molecule has 0 fully saturated rings. The van der Waals surface area contributed by atoms with E-state index in [-0.39, 0.29) is 10.2 Å². The number of sulfone groups is 1. The highest BCUT2D eigenvalue weighted by Gasteiger charge is 2.47. The second-order valence-electron chi connectivity index (χ2n) is 5.22. The molecule has 0 saturated carbocycles. The van der Waals surface area contributed by atoms with E-state index in [1.807, 2.05) is 0 Å². The molecule has 0 aromatic heterocycles. The summed E-state index contributed by atoms with van der Waals surface area (Å²) in [4.78, 5) is 10.6. The number of ether oxygens (including phenoxy) is 1. The quantitative estimate of drug-likeness (QED) is 0.806. The normalized spacial score (nSPS) is 12.9. The Labute approximate surface area is 133 Å². The minimum atomic E-state index is -5.45. The van der Waals surface area contributed by atoms with E-state index in [0.29, 0.717) is 0 Å². The van der Waals surface area contributed by atoms with E-state index in [2.05, 4.69) is 21.2 Å². The van der Waals surface area contributed by atoms with Gasteiger partial charge in [0.15, 0.2) is 0 Å². The Morgan fingerprint density at radius 1 is 1.23 bits per heavy atom. The molecule has 0 aliphatic rings. The van der Waals surface area contributed by atoms with Crippen molar-refractivity contribution in [3.05, 3.63) is 22.7 Å². The summed E-state index contributed by atoms with van der Waals surface area (Å²) in [6.07, 6.45) is -0.820. The Kier molecular flexibility index (Phi) is 5.18. The largest absolute Gasteiger partial charge is 0.501 e. The number of nitrogens with one attached hydrogen (secondary N) is 1. The predicted octanol–water partition coefficient (Wildman–Crippen LogP) is 4.09. The lowest BCUT2D eigenvalue weighted by Gasteiger charge is -2.20. The van der Waals surface area contributed by atoms with Gasteiger partial charge in [-0.15, -0.1) is 0 Å². The average molecular weight is 404 g/mol. The number of anilines is 1. The number of hydrogen-bond acceptors (Lipinski definition) is 4. The van der Waals surface area contributed by atoms with Crippen molar-refractivity contribution in [3.8, 4) is 0 Å². The number of alkyl halides is 3. The van der Waals surface area contributed by atoms with E-state index in [0.717, 1.165) is 18.2 Å². The fraction of sp³-hybridized carbons (Fsp3) is 0.417. The molecule has 10 heteroatoms. The van der Waals surface area contributed by atoms with Crippen LogP contribution in [0.3, 0.4) is 0 Å². The van der Waals surface area contributed by atoms with Crippen LogP contribution < -0.4 is 5.32 Å². The summed E-state index contributed by atoms with van der Waals surface area (Å²) in [5, 5.41) is 2.30. The van der Waals surface area contributed by atoms with Crippen LogP contribution in [-0.2, 0) is 14.6 Å². The van der Waals surface area contributed by atoms with Crippen LogP contribution in [0.25, 0.3) is 0 Å². The molecule has 0 heterocycles. The molecule has 0 aliphatic heterocycles. The highest BCUT2D eigenvalue weighted by atomic mass is 79.9. The van der Waals surface area contributed by atoms with Crippen molar-refractivity contribution in [2.75, 3.05) is 5.32 Å². The van der Waals surface area contributed by atoms with Gasteiger partial charge in [-0.2, -0.15) is 13.2 Å². The van der Waals surface area contributed by atoms with Gasteiger partial charge >= 0.3 is 11.6 Å². The van der Waals surface area contributed by atoms with Crippen LogP contribution >= 0.6 is 15.9 Å². The zero-order valence-corrected chi connectivity index (χ0v) is 14.2. The smallest absolute Gasteiger partial charge is 0.444 e. The maximum absolute atomic E-state index is 12.5. The number of benzene rings is 1. The second-order valence-corrected chi connectivity index (χ2v) is 8.01. The molecule has 22 heavy (non-hydrogen) atoms. The summed E-state index contributed by atoms with van der Waals surface area (Å²) >= 11 is 2.91. The van der Waals surface area contributed by atoms with Gasteiger partial charge in [0.05, 0.1) is 10.6 Å². The Balaban J connectivity index is 3.04. The van der Waals surface area contributed by atoms with Gasteiger partial charge in [-0.1, -0.05) is 0 Å². The number of carbonyl (C=O) groups is 1. The van der Waals surface area contributed by atoms with Crippen molar-refractivity contribution >= 4 is 37.5 Å². The van der Waals surface area contributed by atoms with Crippen molar-refractivity contribution < 1.29 is 31.1 Å². The SMILES string of the molecule is CC(C)(C)OC(=O)Nc1ccc(S(=O)(=O)C(F)(F)F)cc1Br. The Hall–Kier alpha value is -1.29. The lowest BCUT2D eigenvalue weighted by Crippen LogP contribution is -2.27. The van der Waals surface area contributed by atoms with Crippen molar-refractivity contribution in [1.82, 2.24) is 0 Å². The molecule has 1 aromatic rings. The topological polar surface area (TPSA) is 72.5 Å². The van der Waals surface area contributed by atoms with E-state index in [1.165, 1.54) is 0 Å². The summed E-state index contributed by atoms with van der Waals surface area (Å²) < 4.78 is 64.9. The molecule has 1 rings (SSSR count). The fourth-order valence-corrected chi connectivity index (χ4v) is 2.73. The third kappa shape index (κ3) is 4.60. The molecule has 1 aromatic carbocycles. The van der Waals surface area contributed by atoms with E-state index < -0.39 is 31.9 Å². The summed E-state index contributed by atoms with van der Waals surface area (Å²) in [7, 11) is -5.45. The van der Waals surface area contributed by atoms with Gasteiger partial charge in [-0.3, -0.25) is 5.32 Å². The van der Waals surface area contributed by atoms with Crippen molar-refractivity contribution in [3.63, 3.8) is 0 Å². The summed E-state index contributed by atoms with van der Waals surface area (Å²) in [6.45, 7) is 4.92. The zero-order chi connectivity index (χ0) is 17.3. The fourth-order valence-electron chi connectivity index (χ4n) is 1.31. The summed E-state index contributed by atoms with van der Waals surface area (Å²) in [5.74, 6) is 0. The van der Waals surface area contributed by atoms with Crippen molar-refractivity contribution in [2.24, 2.45) is 0 Å². The molecule has 0 saturated heterocycles. The van der Waals surface area contributed by atoms with E-state index in [9.17, 15) is 26.4 Å². The number of hydrogen-bond donors (Lipinski definition) is 1. The van der Waals surface area contributed by atoms with Crippen LogP contribution in [0.2, 0.25) is 0 Å². The van der Waals surface area contributed by atoms with Gasteiger partial charge in [0.25, 0.3) is 9.84 Å². The monoisotopic (exact) mass is 403 g/mol.